The number of anilines is 2. The van der Waals surface area contributed by atoms with E-state index in [-0.39, 0.29) is 10.8 Å². The lowest BCUT2D eigenvalue weighted by Crippen LogP contribution is -2.25. The van der Waals surface area contributed by atoms with Gasteiger partial charge in [-0.2, -0.15) is 0 Å². The summed E-state index contributed by atoms with van der Waals surface area (Å²) >= 11 is 9.26. The van der Waals surface area contributed by atoms with Gasteiger partial charge in [0.15, 0.2) is 0 Å². The summed E-state index contributed by atoms with van der Waals surface area (Å²) in [5, 5.41) is 0.418. The molecule has 0 bridgehead atoms. The highest BCUT2D eigenvalue weighted by Crippen LogP contribution is 2.31. The van der Waals surface area contributed by atoms with Crippen LogP contribution in [0.25, 0.3) is 0 Å². The van der Waals surface area contributed by atoms with Gasteiger partial charge < -0.3 is 4.90 Å². The van der Waals surface area contributed by atoms with Crippen LogP contribution in [0.5, 0.6) is 0 Å². The minimum atomic E-state index is -3.73. The average Bonchev–Trinajstić information content (AvgIpc) is 2.94. The van der Waals surface area contributed by atoms with E-state index in [4.69, 9.17) is 11.6 Å². The van der Waals surface area contributed by atoms with Gasteiger partial charge in [0, 0.05) is 23.6 Å². The number of nitrogens with zero attached hydrogens (tertiary/aromatic N) is 1. The third-order valence-electron chi connectivity index (χ3n) is 3.81. The van der Waals surface area contributed by atoms with Crippen LogP contribution in [-0.2, 0) is 21.2 Å². The summed E-state index contributed by atoms with van der Waals surface area (Å²) in [6, 6.07) is 9.62. The molecule has 1 N–H and O–H groups in total. The number of carbonyl (C=O) groups is 1. The van der Waals surface area contributed by atoms with Gasteiger partial charge in [-0.3, -0.25) is 9.52 Å². The van der Waals surface area contributed by atoms with Gasteiger partial charge in [0.25, 0.3) is 10.0 Å². The number of hydrogen-bond donors (Lipinski definition) is 1. The van der Waals surface area contributed by atoms with Gasteiger partial charge in [0.05, 0.1) is 15.6 Å². The van der Waals surface area contributed by atoms with Crippen LogP contribution in [0, 0.1) is 0 Å². The Bertz CT molecular complexity index is 931. The Balaban J connectivity index is 1.91. The van der Waals surface area contributed by atoms with Crippen molar-refractivity contribution in [2.45, 2.75) is 18.2 Å². The lowest BCUT2D eigenvalue weighted by Gasteiger charge is -2.15. The molecule has 8 heteroatoms. The predicted octanol–water partition coefficient (Wildman–Crippen LogP) is 3.81. The summed E-state index contributed by atoms with van der Waals surface area (Å²) in [5.74, 6) is -0.0491. The molecule has 0 aromatic heterocycles. The molecule has 0 saturated carbocycles. The van der Waals surface area contributed by atoms with Crippen molar-refractivity contribution in [3.63, 3.8) is 0 Å². The van der Waals surface area contributed by atoms with Crippen molar-refractivity contribution in [3.05, 3.63) is 51.5 Å². The van der Waals surface area contributed by atoms with Crippen LogP contribution in [0.4, 0.5) is 11.4 Å². The molecular weight excluding hydrogens is 416 g/mol. The third kappa shape index (κ3) is 3.29. The maximum atomic E-state index is 12.6. The summed E-state index contributed by atoms with van der Waals surface area (Å²) in [7, 11) is -3.73. The summed E-state index contributed by atoms with van der Waals surface area (Å²) in [4.78, 5) is 13.4. The first-order valence-corrected chi connectivity index (χ1v) is 9.82. The second kappa shape index (κ2) is 6.38. The molecule has 0 spiro atoms. The van der Waals surface area contributed by atoms with Crippen molar-refractivity contribution >= 4 is 54.8 Å². The highest BCUT2D eigenvalue weighted by molar-refractivity contribution is 9.10. The molecule has 126 valence electrons. The third-order valence-corrected chi connectivity index (χ3v) is 6.42. The Morgan fingerprint density at radius 2 is 2.00 bits per heavy atom. The minimum Gasteiger partial charge on any atom is -0.312 e. The normalized spacial score (nSPS) is 13.7. The molecule has 2 aromatic carbocycles. The summed E-state index contributed by atoms with van der Waals surface area (Å²) in [5.41, 5.74) is 2.00. The molecular formula is C16H14BrClN2O3S. The number of hydrogen-bond acceptors (Lipinski definition) is 3. The van der Waals surface area contributed by atoms with E-state index in [1.54, 1.807) is 29.2 Å². The highest BCUT2D eigenvalue weighted by atomic mass is 79.9. The van der Waals surface area contributed by atoms with Crippen LogP contribution >= 0.6 is 27.5 Å². The zero-order valence-corrected chi connectivity index (χ0v) is 15.9. The molecule has 0 fully saturated rings. The van der Waals surface area contributed by atoms with Crippen molar-refractivity contribution in [1.29, 1.82) is 0 Å². The van der Waals surface area contributed by atoms with Gasteiger partial charge in [0.2, 0.25) is 5.91 Å². The van der Waals surface area contributed by atoms with E-state index < -0.39 is 10.0 Å². The van der Waals surface area contributed by atoms with Gasteiger partial charge in [-0.05, 0) is 64.3 Å². The van der Waals surface area contributed by atoms with E-state index in [0.717, 1.165) is 11.3 Å². The molecule has 5 nitrogen and oxygen atoms in total. The standard InChI is InChI=1S/C16H14BrClN2O3S/c1-10(21)20-7-6-11-8-13(3-5-16(11)20)24(22,23)19-12-2-4-14(17)15(18)9-12/h2-5,8-9,19H,6-7H2,1H3. The van der Waals surface area contributed by atoms with Crippen molar-refractivity contribution in [1.82, 2.24) is 0 Å². The maximum absolute atomic E-state index is 12.6. The molecule has 3 rings (SSSR count). The Hall–Kier alpha value is -1.57. The minimum absolute atomic E-state index is 0.0491. The van der Waals surface area contributed by atoms with Crippen LogP contribution in [0.15, 0.2) is 45.8 Å². The fraction of sp³-hybridized carbons (Fsp3) is 0.188. The van der Waals surface area contributed by atoms with Gasteiger partial charge in [-0.15, -0.1) is 0 Å². The largest absolute Gasteiger partial charge is 0.312 e. The van der Waals surface area contributed by atoms with Crippen molar-refractivity contribution in [2.24, 2.45) is 0 Å². The molecule has 0 aliphatic carbocycles. The topological polar surface area (TPSA) is 66.5 Å². The molecule has 1 aliphatic heterocycles. The molecule has 2 aromatic rings. The van der Waals surface area contributed by atoms with E-state index in [9.17, 15) is 13.2 Å². The zero-order chi connectivity index (χ0) is 17.5. The molecule has 1 heterocycles. The number of fused-ring (bicyclic) bond motifs is 1. The highest BCUT2D eigenvalue weighted by Gasteiger charge is 2.24. The van der Waals surface area contributed by atoms with Gasteiger partial charge in [-0.25, -0.2) is 8.42 Å². The lowest BCUT2D eigenvalue weighted by atomic mass is 10.2. The number of benzene rings is 2. The summed E-state index contributed by atoms with van der Waals surface area (Å²) in [6.07, 6.45) is 0.641. The van der Waals surface area contributed by atoms with Crippen molar-refractivity contribution < 1.29 is 13.2 Å². The smallest absolute Gasteiger partial charge is 0.261 e. The number of halogens is 2. The fourth-order valence-corrected chi connectivity index (χ4v) is 4.17. The molecule has 0 saturated heterocycles. The molecule has 0 unspecified atom stereocenters. The second-order valence-electron chi connectivity index (χ2n) is 5.45. The SMILES string of the molecule is CC(=O)N1CCc2cc(S(=O)(=O)Nc3ccc(Br)c(Cl)c3)ccc21. The quantitative estimate of drug-likeness (QED) is 0.807. The Morgan fingerprint density at radius 3 is 2.67 bits per heavy atom. The van der Waals surface area contributed by atoms with E-state index in [1.165, 1.54) is 19.1 Å². The van der Waals surface area contributed by atoms with Crippen molar-refractivity contribution in [3.8, 4) is 0 Å². The Kier molecular flexibility index (Phi) is 4.59. The monoisotopic (exact) mass is 428 g/mol. The molecule has 24 heavy (non-hydrogen) atoms. The van der Waals surface area contributed by atoms with E-state index in [2.05, 4.69) is 20.7 Å². The first kappa shape index (κ1) is 17.3. The summed E-state index contributed by atoms with van der Waals surface area (Å²) < 4.78 is 28.3. The number of rotatable bonds is 3. The van der Waals surface area contributed by atoms with Gasteiger partial charge >= 0.3 is 0 Å². The summed E-state index contributed by atoms with van der Waals surface area (Å²) in [6.45, 7) is 2.07. The Morgan fingerprint density at radius 1 is 1.25 bits per heavy atom. The van der Waals surface area contributed by atoms with Crippen LogP contribution in [0.1, 0.15) is 12.5 Å². The lowest BCUT2D eigenvalue weighted by molar-refractivity contribution is -0.116. The van der Waals surface area contributed by atoms with Crippen LogP contribution in [-0.4, -0.2) is 20.9 Å². The van der Waals surface area contributed by atoms with Crippen LogP contribution < -0.4 is 9.62 Å². The maximum Gasteiger partial charge on any atom is 0.261 e. The van der Waals surface area contributed by atoms with Gasteiger partial charge in [0.1, 0.15) is 0 Å². The molecule has 0 radical (unpaired) electrons. The molecule has 1 amide bonds. The number of sulfonamides is 1. The average molecular weight is 430 g/mol. The second-order valence-corrected chi connectivity index (χ2v) is 8.39. The number of amides is 1. The number of nitrogens with one attached hydrogen (secondary N) is 1. The van der Waals surface area contributed by atoms with Gasteiger partial charge in [-0.1, -0.05) is 11.6 Å². The zero-order valence-electron chi connectivity index (χ0n) is 12.7. The molecule has 0 atom stereocenters. The Labute approximate surface area is 153 Å². The molecule has 1 aliphatic rings. The number of carbonyl (C=O) groups excluding carboxylic acids is 1. The first-order valence-electron chi connectivity index (χ1n) is 7.17. The first-order chi connectivity index (χ1) is 11.3. The van der Waals surface area contributed by atoms with Crippen molar-refractivity contribution in [2.75, 3.05) is 16.2 Å². The predicted molar refractivity (Wildman–Crippen MR) is 98.1 cm³/mol. The van der Waals surface area contributed by atoms with E-state index >= 15 is 0 Å². The van der Waals surface area contributed by atoms with E-state index in [1.807, 2.05) is 0 Å². The van der Waals surface area contributed by atoms with Crippen LogP contribution in [0.2, 0.25) is 5.02 Å². The van der Waals surface area contributed by atoms with E-state index in [0.29, 0.717) is 28.1 Å². The fourth-order valence-electron chi connectivity index (χ4n) is 2.65. The van der Waals surface area contributed by atoms with Crippen LogP contribution in [0.3, 0.4) is 0 Å².